The topological polar surface area (TPSA) is 37.4 Å². The van der Waals surface area contributed by atoms with E-state index in [0.29, 0.717) is 6.54 Å². The van der Waals surface area contributed by atoms with Gasteiger partial charge < -0.3 is 0 Å². The van der Waals surface area contributed by atoms with Crippen molar-refractivity contribution in [2.45, 2.75) is 70.6 Å². The highest BCUT2D eigenvalue weighted by Crippen LogP contribution is 2.12. The Morgan fingerprint density at radius 3 is 1.48 bits per heavy atom. The Hall–Kier alpha value is -0.770. The Morgan fingerprint density at radius 1 is 0.667 bits per heavy atom. The molecule has 1 aliphatic heterocycles. The van der Waals surface area contributed by atoms with E-state index in [0.717, 1.165) is 18.6 Å². The molecule has 120 valence electrons. The van der Waals surface area contributed by atoms with Crippen molar-refractivity contribution >= 4 is 24.4 Å². The molecule has 0 unspecified atom stereocenters. The van der Waals surface area contributed by atoms with Gasteiger partial charge in [0.1, 0.15) is 0 Å². The molecule has 0 aromatic heterocycles. The monoisotopic (exact) mass is 311 g/mol. The average Bonchev–Trinajstić information content (AvgIpc) is 2.80. The summed E-state index contributed by atoms with van der Waals surface area (Å²) < 4.78 is 0. The first-order valence-corrected chi connectivity index (χ1v) is 9.03. The first-order chi connectivity index (χ1) is 10.3. The van der Waals surface area contributed by atoms with E-state index in [2.05, 4.69) is 12.6 Å². The quantitative estimate of drug-likeness (QED) is 0.315. The van der Waals surface area contributed by atoms with Crippen LogP contribution in [0, 0.1) is 0 Å². The third-order valence-electron chi connectivity index (χ3n) is 3.94. The molecule has 4 heteroatoms. The van der Waals surface area contributed by atoms with Crippen LogP contribution in [0.1, 0.15) is 70.6 Å². The van der Waals surface area contributed by atoms with Gasteiger partial charge in [-0.25, -0.2) is 0 Å². The van der Waals surface area contributed by atoms with Crippen LogP contribution in [0.2, 0.25) is 0 Å². The zero-order chi connectivity index (χ0) is 15.3. The molecule has 0 saturated carbocycles. The van der Waals surface area contributed by atoms with Gasteiger partial charge in [0, 0.05) is 18.7 Å². The van der Waals surface area contributed by atoms with Crippen molar-refractivity contribution in [3.63, 3.8) is 0 Å². The zero-order valence-electron chi connectivity index (χ0n) is 13.1. The number of thiol groups is 1. The molecule has 2 amide bonds. The van der Waals surface area contributed by atoms with Crippen molar-refractivity contribution in [2.75, 3.05) is 12.3 Å². The Kier molecular flexibility index (Phi) is 10.3. The first-order valence-electron chi connectivity index (χ1n) is 8.40. The summed E-state index contributed by atoms with van der Waals surface area (Å²) in [5.41, 5.74) is 0. The highest BCUT2D eigenvalue weighted by atomic mass is 32.1. The fourth-order valence-electron chi connectivity index (χ4n) is 2.62. The van der Waals surface area contributed by atoms with Gasteiger partial charge in [-0.3, -0.25) is 14.5 Å². The van der Waals surface area contributed by atoms with Crippen molar-refractivity contribution in [3.8, 4) is 0 Å². The smallest absolute Gasteiger partial charge is 0.253 e. The lowest BCUT2D eigenvalue weighted by Crippen LogP contribution is -2.30. The molecule has 0 saturated heterocycles. The number of hydrogen-bond acceptors (Lipinski definition) is 3. The van der Waals surface area contributed by atoms with Crippen LogP contribution in [0.3, 0.4) is 0 Å². The summed E-state index contributed by atoms with van der Waals surface area (Å²) >= 11 is 4.21. The minimum absolute atomic E-state index is 0.155. The third kappa shape index (κ3) is 8.30. The van der Waals surface area contributed by atoms with Crippen molar-refractivity contribution in [2.24, 2.45) is 0 Å². The number of rotatable bonds is 13. The van der Waals surface area contributed by atoms with Gasteiger partial charge in [-0.05, 0) is 18.6 Å². The van der Waals surface area contributed by atoms with Gasteiger partial charge in [0.25, 0.3) is 11.8 Å². The SMILES string of the molecule is O=C1C=CC(=O)N1CCCCCCCCCCCCCS. The predicted octanol–water partition coefficient (Wildman–Crippen LogP) is 4.13. The molecule has 1 heterocycles. The molecule has 1 rings (SSSR count). The van der Waals surface area contributed by atoms with E-state index in [1.807, 2.05) is 0 Å². The van der Waals surface area contributed by atoms with Crippen LogP contribution in [0.5, 0.6) is 0 Å². The van der Waals surface area contributed by atoms with Gasteiger partial charge in [-0.1, -0.05) is 57.8 Å². The third-order valence-corrected chi connectivity index (χ3v) is 4.26. The number of unbranched alkanes of at least 4 members (excludes halogenated alkanes) is 10. The largest absolute Gasteiger partial charge is 0.275 e. The fraction of sp³-hybridized carbons (Fsp3) is 0.765. The van der Waals surface area contributed by atoms with Gasteiger partial charge in [0.2, 0.25) is 0 Å². The Morgan fingerprint density at radius 2 is 1.05 bits per heavy atom. The van der Waals surface area contributed by atoms with Gasteiger partial charge in [-0.15, -0.1) is 0 Å². The molecule has 0 fully saturated rings. The van der Waals surface area contributed by atoms with E-state index >= 15 is 0 Å². The van der Waals surface area contributed by atoms with E-state index in [9.17, 15) is 9.59 Å². The van der Waals surface area contributed by atoms with E-state index in [1.54, 1.807) is 0 Å². The molecular weight excluding hydrogens is 282 g/mol. The molecule has 0 N–H and O–H groups in total. The lowest BCUT2D eigenvalue weighted by Gasteiger charge is -2.12. The maximum atomic E-state index is 11.3. The summed E-state index contributed by atoms with van der Waals surface area (Å²) in [6.45, 7) is 0.579. The minimum Gasteiger partial charge on any atom is -0.275 e. The molecular formula is C17H29NO2S. The second kappa shape index (κ2) is 11.8. The Balaban J connectivity index is 1.81. The lowest BCUT2D eigenvalue weighted by atomic mass is 10.1. The lowest BCUT2D eigenvalue weighted by molar-refractivity contribution is -0.136. The molecule has 0 aromatic carbocycles. The van der Waals surface area contributed by atoms with E-state index < -0.39 is 0 Å². The predicted molar refractivity (Wildman–Crippen MR) is 90.5 cm³/mol. The molecule has 0 bridgehead atoms. The molecule has 3 nitrogen and oxygen atoms in total. The summed E-state index contributed by atoms with van der Waals surface area (Å²) in [7, 11) is 0. The summed E-state index contributed by atoms with van der Waals surface area (Å²) in [4.78, 5) is 24.0. The highest BCUT2D eigenvalue weighted by Gasteiger charge is 2.21. The van der Waals surface area contributed by atoms with Gasteiger partial charge >= 0.3 is 0 Å². The number of carbonyl (C=O) groups is 2. The number of imide groups is 1. The van der Waals surface area contributed by atoms with E-state index in [1.165, 1.54) is 74.8 Å². The Labute approximate surface area is 134 Å². The summed E-state index contributed by atoms with van der Waals surface area (Å²) in [6.07, 6.45) is 16.6. The van der Waals surface area contributed by atoms with Gasteiger partial charge in [-0.2, -0.15) is 12.6 Å². The van der Waals surface area contributed by atoms with Crippen molar-refractivity contribution < 1.29 is 9.59 Å². The van der Waals surface area contributed by atoms with Crippen LogP contribution >= 0.6 is 12.6 Å². The number of hydrogen-bond donors (Lipinski definition) is 1. The second-order valence-corrected chi connectivity index (χ2v) is 6.22. The number of nitrogens with zero attached hydrogens (tertiary/aromatic N) is 1. The van der Waals surface area contributed by atoms with E-state index in [4.69, 9.17) is 0 Å². The summed E-state index contributed by atoms with van der Waals surface area (Å²) in [5, 5.41) is 0. The van der Waals surface area contributed by atoms with Gasteiger partial charge in [0.15, 0.2) is 0 Å². The maximum Gasteiger partial charge on any atom is 0.253 e. The minimum atomic E-state index is -0.155. The van der Waals surface area contributed by atoms with Crippen LogP contribution < -0.4 is 0 Å². The van der Waals surface area contributed by atoms with Crippen LogP contribution in [-0.4, -0.2) is 29.0 Å². The number of amides is 2. The van der Waals surface area contributed by atoms with Crippen LogP contribution in [0.4, 0.5) is 0 Å². The second-order valence-electron chi connectivity index (χ2n) is 5.77. The van der Waals surface area contributed by atoms with Crippen molar-refractivity contribution in [1.29, 1.82) is 0 Å². The van der Waals surface area contributed by atoms with Crippen molar-refractivity contribution in [1.82, 2.24) is 4.90 Å². The molecule has 0 atom stereocenters. The van der Waals surface area contributed by atoms with Gasteiger partial charge in [0.05, 0.1) is 0 Å². The Bertz CT molecular complexity index is 324. The molecule has 21 heavy (non-hydrogen) atoms. The van der Waals surface area contributed by atoms with Crippen LogP contribution in [0.25, 0.3) is 0 Å². The number of carbonyl (C=O) groups excluding carboxylic acids is 2. The maximum absolute atomic E-state index is 11.3. The van der Waals surface area contributed by atoms with Crippen LogP contribution in [-0.2, 0) is 9.59 Å². The summed E-state index contributed by atoms with van der Waals surface area (Å²) in [5.74, 6) is 0.709. The summed E-state index contributed by atoms with van der Waals surface area (Å²) in [6, 6.07) is 0. The average molecular weight is 311 g/mol. The van der Waals surface area contributed by atoms with Crippen molar-refractivity contribution in [3.05, 3.63) is 12.2 Å². The molecule has 0 spiro atoms. The zero-order valence-corrected chi connectivity index (χ0v) is 14.0. The molecule has 0 aliphatic carbocycles. The molecule has 0 aromatic rings. The molecule has 1 aliphatic rings. The fourth-order valence-corrected chi connectivity index (χ4v) is 2.85. The normalized spacial score (nSPS) is 14.4. The molecule has 0 radical (unpaired) electrons. The van der Waals surface area contributed by atoms with Crippen LogP contribution in [0.15, 0.2) is 12.2 Å². The first kappa shape index (κ1) is 18.3. The van der Waals surface area contributed by atoms with E-state index in [-0.39, 0.29) is 11.8 Å². The highest BCUT2D eigenvalue weighted by molar-refractivity contribution is 7.80. The standard InChI is InChI=1S/C17H29NO2S/c19-16-12-13-17(20)18(16)14-10-8-6-4-2-1-3-5-7-9-11-15-21/h12-13,21H,1-11,14-15H2.